The Hall–Kier alpha value is -0.303. The maximum absolute atomic E-state index is 5.61. The molecule has 2 nitrogen and oxygen atoms in total. The van der Waals surface area contributed by atoms with E-state index < -0.39 is 8.07 Å². The van der Waals surface area contributed by atoms with E-state index in [2.05, 4.69) is 31.5 Å². The molecule has 0 aliphatic carbocycles. The van der Waals surface area contributed by atoms with Crippen molar-refractivity contribution in [2.24, 2.45) is 0 Å². The monoisotopic (exact) mass is 254 g/mol. The summed E-state index contributed by atoms with van der Waals surface area (Å²) in [5, 5.41) is 0. The lowest BCUT2D eigenvalue weighted by molar-refractivity contribution is -0.154. The van der Waals surface area contributed by atoms with E-state index in [-0.39, 0.29) is 6.29 Å². The molecule has 3 heteroatoms. The number of hydrogen-bond acceptors (Lipinski definition) is 2. The Morgan fingerprint density at radius 3 is 2.82 bits per heavy atom. The zero-order valence-electron chi connectivity index (χ0n) is 11.6. The molecule has 1 rings (SSSR count). The van der Waals surface area contributed by atoms with Crippen LogP contribution in [-0.4, -0.2) is 27.6 Å². The van der Waals surface area contributed by atoms with Gasteiger partial charge in [0.1, 0.15) is 14.7 Å². The minimum atomic E-state index is -1.29. The third-order valence-electron chi connectivity index (χ3n) is 3.06. The lowest BCUT2D eigenvalue weighted by Crippen LogP contribution is -2.24. The van der Waals surface area contributed by atoms with E-state index in [1.165, 1.54) is 31.7 Å². The molecule has 0 aromatic heterocycles. The zero-order valence-corrected chi connectivity index (χ0v) is 12.6. The van der Waals surface area contributed by atoms with Crippen molar-refractivity contribution in [2.75, 3.05) is 13.2 Å². The van der Waals surface area contributed by atoms with Gasteiger partial charge in [-0.15, -0.1) is 5.54 Å². The number of rotatable bonds is 5. The fraction of sp³-hybridized carbons (Fsp3) is 0.857. The van der Waals surface area contributed by atoms with Gasteiger partial charge < -0.3 is 9.47 Å². The molecule has 0 aromatic rings. The van der Waals surface area contributed by atoms with Gasteiger partial charge in [0, 0.05) is 6.61 Å². The molecule has 1 aliphatic heterocycles. The first kappa shape index (κ1) is 14.8. The van der Waals surface area contributed by atoms with Gasteiger partial charge in [-0.05, 0) is 25.3 Å². The predicted molar refractivity (Wildman–Crippen MR) is 74.5 cm³/mol. The molecule has 17 heavy (non-hydrogen) atoms. The van der Waals surface area contributed by atoms with Crippen LogP contribution in [0.5, 0.6) is 0 Å². The highest BCUT2D eigenvalue weighted by molar-refractivity contribution is 6.85. The van der Waals surface area contributed by atoms with Crippen LogP contribution in [0.1, 0.15) is 39.0 Å². The van der Waals surface area contributed by atoms with Crippen LogP contribution >= 0.6 is 0 Å². The molecule has 0 spiro atoms. The summed E-state index contributed by atoms with van der Waals surface area (Å²) in [7, 11) is -1.29. The van der Waals surface area contributed by atoms with Crippen LogP contribution in [0.2, 0.25) is 19.1 Å². The second-order valence-electron chi connectivity index (χ2n) is 5.40. The van der Waals surface area contributed by atoms with Crippen molar-refractivity contribution < 1.29 is 9.47 Å². The van der Waals surface area contributed by atoms with E-state index in [4.69, 9.17) is 9.47 Å². The summed E-state index contributed by atoms with van der Waals surface area (Å²) in [5.41, 5.74) is 3.44. The van der Waals surface area contributed by atoms with Gasteiger partial charge in [0.15, 0.2) is 6.29 Å². The Bertz CT molecular complexity index is 259. The third kappa shape index (κ3) is 6.87. The number of unbranched alkanes of at least 4 members (excludes halogenated alkanes) is 1. The Kier molecular flexibility index (Phi) is 6.87. The third-order valence-corrected chi connectivity index (χ3v) is 5.52. The molecule has 0 bridgehead atoms. The van der Waals surface area contributed by atoms with E-state index >= 15 is 0 Å². The lowest BCUT2D eigenvalue weighted by atomic mass is 10.2. The minimum Gasteiger partial charge on any atom is -0.353 e. The predicted octanol–water partition coefficient (Wildman–Crippen LogP) is 3.58. The van der Waals surface area contributed by atoms with Crippen molar-refractivity contribution in [3.8, 4) is 11.5 Å². The van der Waals surface area contributed by atoms with Crippen LogP contribution in [0, 0.1) is 11.5 Å². The van der Waals surface area contributed by atoms with Crippen LogP contribution < -0.4 is 0 Å². The average molecular weight is 254 g/mol. The van der Waals surface area contributed by atoms with Gasteiger partial charge in [-0.3, -0.25) is 0 Å². The second-order valence-corrected chi connectivity index (χ2v) is 9.91. The molecule has 1 saturated heterocycles. The van der Waals surface area contributed by atoms with Gasteiger partial charge >= 0.3 is 0 Å². The summed E-state index contributed by atoms with van der Waals surface area (Å²) in [6, 6.07) is 1.30. The molecule has 1 aliphatic rings. The Morgan fingerprint density at radius 1 is 1.35 bits per heavy atom. The quantitative estimate of drug-likeness (QED) is 0.551. The second kappa shape index (κ2) is 7.92. The Morgan fingerprint density at radius 2 is 2.18 bits per heavy atom. The first-order valence-corrected chi connectivity index (χ1v) is 10.1. The highest BCUT2D eigenvalue weighted by Crippen LogP contribution is 2.14. The normalized spacial score (nSPS) is 20.8. The number of ether oxygens (including phenoxy) is 2. The van der Waals surface area contributed by atoms with Crippen LogP contribution in [0.25, 0.3) is 0 Å². The fourth-order valence-corrected chi connectivity index (χ4v) is 3.85. The van der Waals surface area contributed by atoms with Crippen LogP contribution in [0.3, 0.4) is 0 Å². The lowest BCUT2D eigenvalue weighted by Gasteiger charge is -2.21. The van der Waals surface area contributed by atoms with Gasteiger partial charge in [-0.2, -0.15) is 0 Å². The van der Waals surface area contributed by atoms with Gasteiger partial charge in [-0.1, -0.05) is 38.8 Å². The van der Waals surface area contributed by atoms with Crippen molar-refractivity contribution in [1.82, 2.24) is 0 Å². The van der Waals surface area contributed by atoms with Crippen LogP contribution in [0.15, 0.2) is 0 Å². The van der Waals surface area contributed by atoms with Crippen molar-refractivity contribution in [3.05, 3.63) is 0 Å². The van der Waals surface area contributed by atoms with Crippen molar-refractivity contribution >= 4 is 8.07 Å². The highest BCUT2D eigenvalue weighted by Gasteiger charge is 2.16. The Balaban J connectivity index is 2.19. The van der Waals surface area contributed by atoms with Gasteiger partial charge in [0.2, 0.25) is 0 Å². The molecule has 1 atom stereocenters. The molecule has 1 fully saturated rings. The molecular weight excluding hydrogens is 228 g/mol. The topological polar surface area (TPSA) is 18.5 Å². The molecule has 0 radical (unpaired) electrons. The molecular formula is C14H26O2Si. The molecule has 0 N–H and O–H groups in total. The van der Waals surface area contributed by atoms with Gasteiger partial charge in [-0.25, -0.2) is 0 Å². The average Bonchev–Trinajstić information content (AvgIpc) is 2.34. The van der Waals surface area contributed by atoms with Gasteiger partial charge in [0.25, 0.3) is 0 Å². The van der Waals surface area contributed by atoms with Crippen molar-refractivity contribution in [3.63, 3.8) is 0 Å². The molecule has 0 aromatic carbocycles. The molecule has 1 unspecified atom stereocenters. The Labute approximate surface area is 107 Å². The first-order valence-electron chi connectivity index (χ1n) is 6.87. The molecule has 1 heterocycles. The molecule has 98 valence electrons. The maximum atomic E-state index is 5.61. The van der Waals surface area contributed by atoms with Crippen molar-refractivity contribution in [2.45, 2.75) is 64.5 Å². The zero-order chi connectivity index (χ0) is 12.6. The summed E-state index contributed by atoms with van der Waals surface area (Å²) >= 11 is 0. The van der Waals surface area contributed by atoms with E-state index in [0.29, 0.717) is 6.61 Å². The maximum Gasteiger partial charge on any atom is 0.158 e. The van der Waals surface area contributed by atoms with E-state index in [0.717, 1.165) is 13.0 Å². The highest BCUT2D eigenvalue weighted by atomic mass is 28.3. The summed E-state index contributed by atoms with van der Waals surface area (Å²) in [4.78, 5) is 0. The minimum absolute atomic E-state index is 0.00142. The summed E-state index contributed by atoms with van der Waals surface area (Å²) < 4.78 is 11.1. The van der Waals surface area contributed by atoms with E-state index in [1.807, 2.05) is 0 Å². The van der Waals surface area contributed by atoms with Crippen molar-refractivity contribution in [1.29, 1.82) is 0 Å². The SMILES string of the molecule is CCCC[Si](C)(C)C#CCOC1CCCCO1. The van der Waals surface area contributed by atoms with Gasteiger partial charge in [0.05, 0.1) is 0 Å². The van der Waals surface area contributed by atoms with E-state index in [1.54, 1.807) is 0 Å². The van der Waals surface area contributed by atoms with Crippen LogP contribution in [0.4, 0.5) is 0 Å². The standard InChI is InChI=1S/C14H26O2Si/c1-4-5-12-17(2,3)13-8-11-16-14-9-6-7-10-15-14/h14H,4-7,9-12H2,1-3H3. The van der Waals surface area contributed by atoms with E-state index in [9.17, 15) is 0 Å². The number of hydrogen-bond donors (Lipinski definition) is 0. The smallest absolute Gasteiger partial charge is 0.158 e. The first-order chi connectivity index (χ1) is 8.14. The molecule has 0 amide bonds. The largest absolute Gasteiger partial charge is 0.353 e. The summed E-state index contributed by atoms with van der Waals surface area (Å²) in [6.07, 6.45) is 5.99. The summed E-state index contributed by atoms with van der Waals surface area (Å²) in [6.45, 7) is 8.29. The fourth-order valence-electron chi connectivity index (χ4n) is 1.93. The summed E-state index contributed by atoms with van der Waals surface area (Å²) in [5.74, 6) is 3.19. The van der Waals surface area contributed by atoms with Crippen LogP contribution in [-0.2, 0) is 9.47 Å². The molecule has 0 saturated carbocycles.